The molecule has 0 aliphatic heterocycles. The quantitative estimate of drug-likeness (QED) is 0.709. The van der Waals surface area contributed by atoms with E-state index in [1.807, 2.05) is 0 Å². The Bertz CT molecular complexity index is 361. The monoisotopic (exact) mass is 208 g/mol. The Morgan fingerprint density at radius 2 is 1.69 bits per heavy atom. The van der Waals surface area contributed by atoms with E-state index in [0.717, 1.165) is 0 Å². The summed E-state index contributed by atoms with van der Waals surface area (Å²) in [4.78, 5) is -0.282. The van der Waals surface area contributed by atoms with Gasteiger partial charge in [-0.1, -0.05) is 18.2 Å². The Balaban J connectivity index is 2.96. The summed E-state index contributed by atoms with van der Waals surface area (Å²) in [5, 5.41) is 0. The summed E-state index contributed by atoms with van der Waals surface area (Å²) < 4.78 is 48.6. The molecule has 0 aliphatic rings. The second kappa shape index (κ2) is 3.80. The van der Waals surface area contributed by atoms with Crippen molar-refractivity contribution in [1.82, 2.24) is 0 Å². The van der Waals surface area contributed by atoms with Crippen LogP contribution in [0.15, 0.2) is 35.2 Å². The van der Waals surface area contributed by atoms with Crippen LogP contribution in [0.1, 0.15) is 0 Å². The Labute approximate surface area is 74.1 Å². The maximum atomic E-state index is 11.6. The number of alkyl halides is 2. The zero-order valence-electron chi connectivity index (χ0n) is 6.35. The van der Waals surface area contributed by atoms with E-state index in [1.54, 1.807) is 6.07 Å². The number of benzene rings is 1. The molecular formula is C7H6F2O3S. The molecule has 0 atom stereocenters. The summed E-state index contributed by atoms with van der Waals surface area (Å²) in [7, 11) is -4.31. The van der Waals surface area contributed by atoms with E-state index < -0.39 is 16.7 Å². The third-order valence-corrected chi connectivity index (χ3v) is 2.48. The maximum Gasteiger partial charge on any atom is 0.359 e. The topological polar surface area (TPSA) is 43.4 Å². The van der Waals surface area contributed by atoms with E-state index in [-0.39, 0.29) is 4.90 Å². The minimum absolute atomic E-state index is 0.282. The fourth-order valence-corrected chi connectivity index (χ4v) is 1.53. The molecule has 3 nitrogen and oxygen atoms in total. The summed E-state index contributed by atoms with van der Waals surface area (Å²) in [5.41, 5.74) is 0. The summed E-state index contributed by atoms with van der Waals surface area (Å²) in [6.07, 6.45) is 0. The SMILES string of the molecule is O=S(=O)(OC(F)F)c1ccccc1. The molecule has 0 aliphatic carbocycles. The van der Waals surface area contributed by atoms with E-state index >= 15 is 0 Å². The van der Waals surface area contributed by atoms with Crippen LogP contribution in [0, 0.1) is 0 Å². The molecule has 0 N–H and O–H groups in total. The van der Waals surface area contributed by atoms with Gasteiger partial charge in [0.2, 0.25) is 0 Å². The largest absolute Gasteiger partial charge is 0.359 e. The highest BCUT2D eigenvalue weighted by molar-refractivity contribution is 7.86. The molecule has 0 fully saturated rings. The lowest BCUT2D eigenvalue weighted by atomic mass is 10.4. The highest BCUT2D eigenvalue weighted by atomic mass is 32.2. The minimum Gasteiger partial charge on any atom is -0.199 e. The highest BCUT2D eigenvalue weighted by Crippen LogP contribution is 2.14. The molecule has 0 unspecified atom stereocenters. The Morgan fingerprint density at radius 3 is 2.15 bits per heavy atom. The van der Waals surface area contributed by atoms with Crippen molar-refractivity contribution >= 4 is 10.1 Å². The highest BCUT2D eigenvalue weighted by Gasteiger charge is 2.19. The van der Waals surface area contributed by atoms with Gasteiger partial charge in [0.25, 0.3) is 0 Å². The molecular weight excluding hydrogens is 202 g/mol. The summed E-state index contributed by atoms with van der Waals surface area (Å²) in [6.45, 7) is -3.33. The van der Waals surface area contributed by atoms with Crippen LogP contribution in [-0.4, -0.2) is 15.0 Å². The number of hydrogen-bond acceptors (Lipinski definition) is 3. The van der Waals surface area contributed by atoms with Gasteiger partial charge >= 0.3 is 16.7 Å². The first-order chi connectivity index (χ1) is 6.02. The molecule has 72 valence electrons. The van der Waals surface area contributed by atoms with Crippen molar-refractivity contribution in [3.8, 4) is 0 Å². The van der Waals surface area contributed by atoms with Crippen molar-refractivity contribution in [2.45, 2.75) is 11.5 Å². The minimum atomic E-state index is -4.31. The van der Waals surface area contributed by atoms with Crippen LogP contribution < -0.4 is 0 Å². The third kappa shape index (κ3) is 2.74. The van der Waals surface area contributed by atoms with Gasteiger partial charge in [0.05, 0.1) is 4.90 Å². The molecule has 0 saturated heterocycles. The predicted octanol–water partition coefficient (Wildman–Crippen LogP) is 1.61. The van der Waals surface area contributed by atoms with E-state index in [0.29, 0.717) is 0 Å². The lowest BCUT2D eigenvalue weighted by Gasteiger charge is -2.02. The van der Waals surface area contributed by atoms with Gasteiger partial charge < -0.3 is 0 Å². The van der Waals surface area contributed by atoms with Crippen LogP contribution in [0.3, 0.4) is 0 Å². The molecule has 0 radical (unpaired) electrons. The smallest absolute Gasteiger partial charge is 0.199 e. The van der Waals surface area contributed by atoms with Gasteiger partial charge in [-0.3, -0.25) is 0 Å². The van der Waals surface area contributed by atoms with Gasteiger partial charge in [-0.15, -0.1) is 0 Å². The Hall–Kier alpha value is -1.01. The molecule has 1 rings (SSSR count). The normalized spacial score (nSPS) is 11.9. The summed E-state index contributed by atoms with van der Waals surface area (Å²) in [5.74, 6) is 0. The first-order valence-corrected chi connectivity index (χ1v) is 4.70. The van der Waals surface area contributed by atoms with Gasteiger partial charge in [0.15, 0.2) is 0 Å². The van der Waals surface area contributed by atoms with Gasteiger partial charge in [-0.05, 0) is 12.1 Å². The molecule has 13 heavy (non-hydrogen) atoms. The Kier molecular flexibility index (Phi) is 2.94. The summed E-state index contributed by atoms with van der Waals surface area (Å²) >= 11 is 0. The van der Waals surface area contributed by atoms with E-state index in [2.05, 4.69) is 4.18 Å². The van der Waals surface area contributed by atoms with Crippen molar-refractivity contribution in [3.63, 3.8) is 0 Å². The Morgan fingerprint density at radius 1 is 1.15 bits per heavy atom. The second-order valence-electron chi connectivity index (χ2n) is 2.12. The fourth-order valence-electron chi connectivity index (χ4n) is 0.738. The fraction of sp³-hybridized carbons (Fsp3) is 0.143. The van der Waals surface area contributed by atoms with Crippen LogP contribution >= 0.6 is 0 Å². The lowest BCUT2D eigenvalue weighted by Crippen LogP contribution is -2.10. The van der Waals surface area contributed by atoms with Crippen LogP contribution in [0.25, 0.3) is 0 Å². The maximum absolute atomic E-state index is 11.6. The number of rotatable bonds is 3. The third-order valence-electron chi connectivity index (χ3n) is 1.23. The van der Waals surface area contributed by atoms with Crippen LogP contribution in [-0.2, 0) is 14.3 Å². The zero-order chi connectivity index (χ0) is 9.90. The van der Waals surface area contributed by atoms with Crippen molar-refractivity contribution in [2.24, 2.45) is 0 Å². The average molecular weight is 208 g/mol. The standard InChI is InChI=1S/C7H6F2O3S/c8-7(9)12-13(10,11)6-4-2-1-3-5-6/h1-5,7H. The van der Waals surface area contributed by atoms with Gasteiger partial charge in [-0.25, -0.2) is 0 Å². The number of halogens is 2. The number of hydrogen-bond donors (Lipinski definition) is 0. The van der Waals surface area contributed by atoms with E-state index in [9.17, 15) is 17.2 Å². The van der Waals surface area contributed by atoms with Crippen LogP contribution in [0.5, 0.6) is 0 Å². The van der Waals surface area contributed by atoms with Crippen LogP contribution in [0.2, 0.25) is 0 Å². The molecule has 0 heterocycles. The van der Waals surface area contributed by atoms with Crippen molar-refractivity contribution in [2.75, 3.05) is 0 Å². The van der Waals surface area contributed by atoms with Gasteiger partial charge in [0, 0.05) is 0 Å². The van der Waals surface area contributed by atoms with E-state index in [1.165, 1.54) is 24.3 Å². The van der Waals surface area contributed by atoms with Crippen molar-refractivity contribution < 1.29 is 21.4 Å². The molecule has 0 aromatic heterocycles. The molecule has 0 spiro atoms. The first-order valence-electron chi connectivity index (χ1n) is 3.29. The predicted molar refractivity (Wildman–Crippen MR) is 40.7 cm³/mol. The molecule has 0 saturated carbocycles. The molecule has 6 heteroatoms. The van der Waals surface area contributed by atoms with Gasteiger partial charge in [0.1, 0.15) is 0 Å². The molecule has 1 aromatic carbocycles. The molecule has 1 aromatic rings. The van der Waals surface area contributed by atoms with Crippen LogP contribution in [0.4, 0.5) is 8.78 Å². The summed E-state index contributed by atoms with van der Waals surface area (Å²) in [6, 6.07) is 6.76. The average Bonchev–Trinajstić information content (AvgIpc) is 2.04. The second-order valence-corrected chi connectivity index (χ2v) is 3.70. The van der Waals surface area contributed by atoms with Gasteiger partial charge in [-0.2, -0.15) is 21.4 Å². The first kappa shape index (κ1) is 10.1. The van der Waals surface area contributed by atoms with Crippen molar-refractivity contribution in [1.29, 1.82) is 0 Å². The van der Waals surface area contributed by atoms with Crippen molar-refractivity contribution in [3.05, 3.63) is 30.3 Å². The zero-order valence-corrected chi connectivity index (χ0v) is 7.17. The van der Waals surface area contributed by atoms with E-state index in [4.69, 9.17) is 0 Å². The molecule has 0 amide bonds. The molecule has 0 bridgehead atoms. The lowest BCUT2D eigenvalue weighted by molar-refractivity contribution is -0.0445.